The van der Waals surface area contributed by atoms with Crippen LogP contribution in [0.4, 0.5) is 11.4 Å². The summed E-state index contributed by atoms with van der Waals surface area (Å²) in [4.78, 5) is 34.4. The number of nitro groups is 1. The third-order valence-electron chi connectivity index (χ3n) is 3.74. The molecule has 10 nitrogen and oxygen atoms in total. The van der Waals surface area contributed by atoms with Gasteiger partial charge in [-0.15, -0.1) is 0 Å². The number of non-ortho nitro benzene ring substituents is 1. The molecular formula is C17H17N3O7S. The lowest BCUT2D eigenvalue weighted by molar-refractivity contribution is -0.384. The number of carbonyl (C=O) groups is 2. The van der Waals surface area contributed by atoms with Gasteiger partial charge in [-0.3, -0.25) is 14.9 Å². The van der Waals surface area contributed by atoms with Crippen molar-refractivity contribution < 1.29 is 27.7 Å². The van der Waals surface area contributed by atoms with Crippen molar-refractivity contribution in [3.8, 4) is 0 Å². The van der Waals surface area contributed by atoms with E-state index in [1.54, 1.807) is 6.92 Å². The molecule has 0 bridgehead atoms. The van der Waals surface area contributed by atoms with Crippen molar-refractivity contribution >= 4 is 33.3 Å². The Morgan fingerprint density at radius 1 is 1.21 bits per heavy atom. The number of nitrogens with two attached hydrogens (primary N) is 1. The van der Waals surface area contributed by atoms with Crippen LogP contribution in [0.2, 0.25) is 0 Å². The molecule has 2 aromatic rings. The smallest absolute Gasteiger partial charge is 0.339 e. The Balaban J connectivity index is 2.13. The summed E-state index contributed by atoms with van der Waals surface area (Å²) in [5.41, 5.74) is 0.331. The molecule has 0 aromatic heterocycles. The number of ether oxygens (including phenoxy) is 1. The first-order valence-corrected chi connectivity index (χ1v) is 9.43. The summed E-state index contributed by atoms with van der Waals surface area (Å²) in [6.07, 6.45) is -1.25. The van der Waals surface area contributed by atoms with Gasteiger partial charge in [0.2, 0.25) is 10.0 Å². The largest absolute Gasteiger partial charge is 0.449 e. The summed E-state index contributed by atoms with van der Waals surface area (Å²) >= 11 is 0. The Morgan fingerprint density at radius 3 is 2.50 bits per heavy atom. The Bertz CT molecular complexity index is 1050. The SMILES string of the molecule is Cc1ccc(S(N)(=O)=O)cc1C(=O)OC(C)C(=O)Nc1cccc([N+](=O)[O-])c1. The van der Waals surface area contributed by atoms with Crippen molar-refractivity contribution in [2.24, 2.45) is 5.14 Å². The fourth-order valence-corrected chi connectivity index (χ4v) is 2.76. The number of nitrogens with zero attached hydrogens (tertiary/aromatic N) is 1. The minimum Gasteiger partial charge on any atom is -0.449 e. The quantitative estimate of drug-likeness (QED) is 0.419. The summed E-state index contributed by atoms with van der Waals surface area (Å²) < 4.78 is 28.0. The van der Waals surface area contributed by atoms with E-state index < -0.39 is 32.9 Å². The number of rotatable bonds is 6. The van der Waals surface area contributed by atoms with Gasteiger partial charge >= 0.3 is 5.97 Å². The fraction of sp³-hybridized carbons (Fsp3) is 0.176. The third kappa shape index (κ3) is 5.11. The number of benzene rings is 2. The number of amides is 1. The van der Waals surface area contributed by atoms with E-state index in [4.69, 9.17) is 9.88 Å². The molecule has 11 heteroatoms. The van der Waals surface area contributed by atoms with Gasteiger partial charge in [0.05, 0.1) is 15.4 Å². The van der Waals surface area contributed by atoms with E-state index in [1.165, 1.54) is 37.3 Å². The van der Waals surface area contributed by atoms with Crippen molar-refractivity contribution in [3.05, 3.63) is 63.7 Å². The van der Waals surface area contributed by atoms with E-state index in [0.29, 0.717) is 5.56 Å². The van der Waals surface area contributed by atoms with Crippen molar-refractivity contribution in [2.45, 2.75) is 24.8 Å². The minimum atomic E-state index is -4.01. The molecule has 148 valence electrons. The topological polar surface area (TPSA) is 159 Å². The first-order valence-electron chi connectivity index (χ1n) is 7.89. The molecule has 0 radical (unpaired) electrons. The van der Waals surface area contributed by atoms with Crippen LogP contribution in [0.15, 0.2) is 47.4 Å². The summed E-state index contributed by atoms with van der Waals surface area (Å²) in [5.74, 6) is -1.63. The monoisotopic (exact) mass is 407 g/mol. The highest BCUT2D eigenvalue weighted by atomic mass is 32.2. The van der Waals surface area contributed by atoms with E-state index in [2.05, 4.69) is 5.32 Å². The molecule has 1 unspecified atom stereocenters. The number of anilines is 1. The van der Waals surface area contributed by atoms with Crippen molar-refractivity contribution in [1.29, 1.82) is 0 Å². The number of sulfonamides is 1. The predicted molar refractivity (Wildman–Crippen MR) is 99.2 cm³/mol. The van der Waals surface area contributed by atoms with Gasteiger partial charge in [-0.2, -0.15) is 0 Å². The summed E-state index contributed by atoms with van der Waals surface area (Å²) in [7, 11) is -4.01. The Morgan fingerprint density at radius 2 is 1.89 bits per heavy atom. The third-order valence-corrected chi connectivity index (χ3v) is 4.65. The molecule has 0 aliphatic heterocycles. The summed E-state index contributed by atoms with van der Waals surface area (Å²) in [6.45, 7) is 2.88. The van der Waals surface area contributed by atoms with Crippen molar-refractivity contribution in [1.82, 2.24) is 0 Å². The number of carbonyl (C=O) groups excluding carboxylic acids is 2. The molecule has 3 N–H and O–H groups in total. The molecule has 0 saturated heterocycles. The molecule has 0 aliphatic carbocycles. The van der Waals surface area contributed by atoms with Gasteiger partial charge in [0.1, 0.15) is 0 Å². The second-order valence-electron chi connectivity index (χ2n) is 5.87. The van der Waals surface area contributed by atoms with Crippen LogP contribution >= 0.6 is 0 Å². The lowest BCUT2D eigenvalue weighted by atomic mass is 10.1. The van der Waals surface area contributed by atoms with Crippen molar-refractivity contribution in [2.75, 3.05) is 5.32 Å². The molecule has 0 heterocycles. The molecule has 2 rings (SSSR count). The lowest BCUT2D eigenvalue weighted by Gasteiger charge is -2.15. The van der Waals surface area contributed by atoms with Crippen LogP contribution in [0.5, 0.6) is 0 Å². The van der Waals surface area contributed by atoms with E-state index in [1.807, 2.05) is 0 Å². The van der Waals surface area contributed by atoms with Gasteiger partial charge in [0.25, 0.3) is 11.6 Å². The number of hydrogen-bond donors (Lipinski definition) is 2. The Hall–Kier alpha value is -3.31. The average molecular weight is 407 g/mol. The second kappa shape index (κ2) is 8.15. The standard InChI is InChI=1S/C17H17N3O7S/c1-10-6-7-14(28(18,25)26)9-15(10)17(22)27-11(2)16(21)19-12-4-3-5-13(8-12)20(23)24/h3-9,11H,1-2H3,(H,19,21)(H2,18,25,26). The van der Waals surface area contributed by atoms with E-state index in [9.17, 15) is 28.1 Å². The predicted octanol–water partition coefficient (Wildman–Crippen LogP) is 1.73. The lowest BCUT2D eigenvalue weighted by Crippen LogP contribution is -2.30. The van der Waals surface area contributed by atoms with Gasteiger partial charge in [-0.25, -0.2) is 18.4 Å². The number of hydrogen-bond acceptors (Lipinski definition) is 7. The number of nitrogens with one attached hydrogen (secondary N) is 1. The Labute approximate surface area is 160 Å². The number of primary sulfonamides is 1. The van der Waals surface area contributed by atoms with E-state index in [0.717, 1.165) is 12.1 Å². The van der Waals surface area contributed by atoms with Gasteiger partial charge in [-0.05, 0) is 37.6 Å². The van der Waals surface area contributed by atoms with Crippen LogP contribution in [-0.4, -0.2) is 31.3 Å². The maximum absolute atomic E-state index is 12.3. The highest BCUT2D eigenvalue weighted by molar-refractivity contribution is 7.89. The molecule has 0 saturated carbocycles. The van der Waals surface area contributed by atoms with Gasteiger partial charge < -0.3 is 10.1 Å². The number of esters is 1. The zero-order chi connectivity index (χ0) is 21.1. The maximum atomic E-state index is 12.3. The first-order chi connectivity index (χ1) is 13.0. The Kier molecular flexibility index (Phi) is 6.11. The molecule has 0 fully saturated rings. The second-order valence-corrected chi connectivity index (χ2v) is 7.43. The normalized spacial score (nSPS) is 12.1. The number of nitro benzene ring substituents is 1. The van der Waals surface area contributed by atoms with E-state index in [-0.39, 0.29) is 21.8 Å². The average Bonchev–Trinajstić information content (AvgIpc) is 2.61. The highest BCUT2D eigenvalue weighted by Crippen LogP contribution is 2.19. The van der Waals surface area contributed by atoms with E-state index >= 15 is 0 Å². The van der Waals surface area contributed by atoms with Crippen LogP contribution in [0.1, 0.15) is 22.8 Å². The van der Waals surface area contributed by atoms with Crippen LogP contribution in [0.25, 0.3) is 0 Å². The number of aryl methyl sites for hydroxylation is 1. The summed E-state index contributed by atoms with van der Waals surface area (Å²) in [6, 6.07) is 8.97. The fourth-order valence-electron chi connectivity index (χ4n) is 2.22. The molecular weight excluding hydrogens is 390 g/mol. The van der Waals surface area contributed by atoms with Crippen LogP contribution in [0.3, 0.4) is 0 Å². The summed E-state index contributed by atoms with van der Waals surface area (Å²) in [5, 5.41) is 18.2. The molecule has 1 amide bonds. The zero-order valence-electron chi connectivity index (χ0n) is 14.9. The van der Waals surface area contributed by atoms with Crippen LogP contribution < -0.4 is 10.5 Å². The van der Waals surface area contributed by atoms with Gasteiger partial charge in [0, 0.05) is 17.8 Å². The molecule has 0 spiro atoms. The van der Waals surface area contributed by atoms with Crippen LogP contribution in [-0.2, 0) is 19.6 Å². The molecule has 0 aliphatic rings. The van der Waals surface area contributed by atoms with Crippen molar-refractivity contribution in [3.63, 3.8) is 0 Å². The maximum Gasteiger partial charge on any atom is 0.339 e. The minimum absolute atomic E-state index is 0.0541. The first kappa shape index (κ1) is 21.0. The van der Waals surface area contributed by atoms with Gasteiger partial charge in [0.15, 0.2) is 6.10 Å². The van der Waals surface area contributed by atoms with Crippen LogP contribution in [0, 0.1) is 17.0 Å². The molecule has 1 atom stereocenters. The van der Waals surface area contributed by atoms with Gasteiger partial charge in [-0.1, -0.05) is 12.1 Å². The molecule has 2 aromatic carbocycles. The zero-order valence-corrected chi connectivity index (χ0v) is 15.7. The highest BCUT2D eigenvalue weighted by Gasteiger charge is 2.22. The molecule has 28 heavy (non-hydrogen) atoms.